The van der Waals surface area contributed by atoms with Gasteiger partial charge in [0.25, 0.3) is 5.91 Å². The molecule has 11 heteroatoms. The number of aliphatic hydroxyl groups excluding tert-OH is 1. The molecule has 1 fully saturated rings. The van der Waals surface area contributed by atoms with Crippen LogP contribution in [0.15, 0.2) is 48.5 Å². The van der Waals surface area contributed by atoms with Gasteiger partial charge in [0.05, 0.1) is 18.8 Å². The van der Waals surface area contributed by atoms with Gasteiger partial charge in [-0.1, -0.05) is 134 Å². The minimum absolute atomic E-state index is 0.00856. The number of carbonyl (C=O) groups excluding carboxylic acids is 1. The predicted molar refractivity (Wildman–Crippen MR) is 200 cm³/mol. The average molecular weight is 761 g/mol. The second-order valence-corrected chi connectivity index (χ2v) is 14.5. The van der Waals surface area contributed by atoms with E-state index in [-0.39, 0.29) is 31.3 Å². The minimum atomic E-state index is -2.33. The number of carbonyl (C=O) groups is 1. The van der Waals surface area contributed by atoms with E-state index < -0.39 is 46.8 Å². The van der Waals surface area contributed by atoms with Crippen molar-refractivity contribution < 1.29 is 41.3 Å². The van der Waals surface area contributed by atoms with E-state index in [1.54, 1.807) is 24.3 Å². The second kappa shape index (κ2) is 22.2. The molecule has 0 aromatic heterocycles. The molecule has 2 N–H and O–H groups in total. The summed E-state index contributed by atoms with van der Waals surface area (Å²) in [6.45, 7) is 9.07. The molecule has 4 rings (SSSR count). The van der Waals surface area contributed by atoms with Gasteiger partial charge in [0, 0.05) is 24.6 Å². The quantitative estimate of drug-likeness (QED) is 0.0462. The van der Waals surface area contributed by atoms with Gasteiger partial charge < -0.3 is 24.8 Å². The van der Waals surface area contributed by atoms with E-state index in [9.17, 15) is 31.9 Å². The van der Waals surface area contributed by atoms with Gasteiger partial charge in [-0.3, -0.25) is 4.79 Å². The molecular formula is C43H57F5N2O4. The number of hydrogen-bond acceptors (Lipinski definition) is 5. The molecule has 4 unspecified atom stereocenters. The number of benzene rings is 3. The van der Waals surface area contributed by atoms with E-state index in [1.807, 2.05) is 24.3 Å². The molecule has 1 aliphatic rings. The van der Waals surface area contributed by atoms with Crippen molar-refractivity contribution in [2.75, 3.05) is 19.6 Å². The zero-order valence-electron chi connectivity index (χ0n) is 32.0. The standard InChI is InChI=1S/C43H57F5N2O4/c1-4-6-8-10-12-14-24-50(25-15-13-11-9-7-5-2)27-34-29(3)41(32-20-18-31(28-51)19-21-32)54-43(53-34)33-22-16-30(17-23-33)26-49-42(52)35-36(44)38(46)40(48)39(47)37(35)45/h16-23,29,34,41,43,51H,4-15,24-28H2,1-3H3,(H,49,52). The van der Waals surface area contributed by atoms with Gasteiger partial charge in [0.15, 0.2) is 29.6 Å². The van der Waals surface area contributed by atoms with Crippen LogP contribution in [0.1, 0.15) is 143 Å². The summed E-state index contributed by atoms with van der Waals surface area (Å²) < 4.78 is 82.5. The first-order valence-electron chi connectivity index (χ1n) is 19.7. The Hall–Kier alpha value is -3.38. The molecule has 3 aromatic carbocycles. The van der Waals surface area contributed by atoms with E-state index in [0.717, 1.165) is 49.2 Å². The predicted octanol–water partition coefficient (Wildman–Crippen LogP) is 10.6. The van der Waals surface area contributed by atoms with Crippen molar-refractivity contribution >= 4 is 5.91 Å². The number of rotatable bonds is 22. The van der Waals surface area contributed by atoms with Crippen molar-refractivity contribution in [2.24, 2.45) is 5.92 Å². The fraction of sp³-hybridized carbons (Fsp3) is 0.558. The molecule has 0 radical (unpaired) electrons. The van der Waals surface area contributed by atoms with E-state index in [4.69, 9.17) is 9.47 Å². The highest BCUT2D eigenvalue weighted by Gasteiger charge is 2.39. The van der Waals surface area contributed by atoms with Crippen molar-refractivity contribution in [1.29, 1.82) is 0 Å². The zero-order valence-corrected chi connectivity index (χ0v) is 32.0. The van der Waals surface area contributed by atoms with Crippen molar-refractivity contribution in [3.05, 3.63) is 105 Å². The van der Waals surface area contributed by atoms with Crippen LogP contribution < -0.4 is 5.32 Å². The third-order valence-corrected chi connectivity index (χ3v) is 10.4. The molecule has 1 saturated heterocycles. The summed E-state index contributed by atoms with van der Waals surface area (Å²) >= 11 is 0. The summed E-state index contributed by atoms with van der Waals surface area (Å²) in [6, 6.07) is 14.7. The fourth-order valence-corrected chi connectivity index (χ4v) is 6.98. The van der Waals surface area contributed by atoms with E-state index in [0.29, 0.717) is 5.56 Å². The fourth-order valence-electron chi connectivity index (χ4n) is 6.98. The maximum Gasteiger partial charge on any atom is 0.257 e. The van der Waals surface area contributed by atoms with Gasteiger partial charge in [-0.2, -0.15) is 0 Å². The van der Waals surface area contributed by atoms with Crippen LogP contribution in [-0.4, -0.2) is 41.7 Å². The number of hydrogen-bond donors (Lipinski definition) is 2. The highest BCUT2D eigenvalue weighted by Crippen LogP contribution is 2.42. The Morgan fingerprint density at radius 1 is 0.667 bits per heavy atom. The molecule has 1 heterocycles. The van der Waals surface area contributed by atoms with Gasteiger partial charge in [0.2, 0.25) is 5.82 Å². The molecule has 0 aliphatic carbocycles. The number of ether oxygens (including phenoxy) is 2. The van der Waals surface area contributed by atoms with Crippen molar-refractivity contribution in [1.82, 2.24) is 10.2 Å². The van der Waals surface area contributed by atoms with Crippen LogP contribution in [0.3, 0.4) is 0 Å². The first-order chi connectivity index (χ1) is 26.1. The molecular weight excluding hydrogens is 703 g/mol. The SMILES string of the molecule is CCCCCCCCN(CCCCCCCC)CC1OC(c2ccc(CNC(=O)c3c(F)c(F)c(F)c(F)c3F)cc2)OC(c2ccc(CO)cc2)C1C. The first-order valence-corrected chi connectivity index (χ1v) is 19.7. The summed E-state index contributed by atoms with van der Waals surface area (Å²) in [7, 11) is 0. The van der Waals surface area contributed by atoms with E-state index in [2.05, 4.69) is 31.0 Å². The average Bonchev–Trinajstić information content (AvgIpc) is 3.19. The van der Waals surface area contributed by atoms with Crippen LogP contribution in [0, 0.1) is 35.0 Å². The lowest BCUT2D eigenvalue weighted by molar-refractivity contribution is -0.276. The van der Waals surface area contributed by atoms with Crippen molar-refractivity contribution in [2.45, 2.75) is 129 Å². The Morgan fingerprint density at radius 2 is 1.15 bits per heavy atom. The molecule has 298 valence electrons. The number of aliphatic hydroxyl groups is 1. The molecule has 3 aromatic rings. The summed E-state index contributed by atoms with van der Waals surface area (Å²) in [5.74, 6) is -12.5. The summed E-state index contributed by atoms with van der Waals surface area (Å²) in [5.41, 5.74) is 1.49. The van der Waals surface area contributed by atoms with Crippen LogP contribution in [0.5, 0.6) is 0 Å². The molecule has 1 amide bonds. The summed E-state index contributed by atoms with van der Waals surface area (Å²) in [4.78, 5) is 15.0. The lowest BCUT2D eigenvalue weighted by Gasteiger charge is -2.43. The molecule has 4 atom stereocenters. The minimum Gasteiger partial charge on any atom is -0.392 e. The maximum atomic E-state index is 14.2. The second-order valence-electron chi connectivity index (χ2n) is 14.5. The van der Waals surface area contributed by atoms with Crippen LogP contribution >= 0.6 is 0 Å². The van der Waals surface area contributed by atoms with Crippen LogP contribution in [-0.2, 0) is 22.6 Å². The van der Waals surface area contributed by atoms with Crippen LogP contribution in [0.2, 0.25) is 0 Å². The highest BCUT2D eigenvalue weighted by molar-refractivity contribution is 5.94. The third-order valence-electron chi connectivity index (χ3n) is 10.4. The Labute approximate surface area is 317 Å². The maximum absolute atomic E-state index is 14.2. The third kappa shape index (κ3) is 12.1. The van der Waals surface area contributed by atoms with Gasteiger partial charge in [-0.05, 0) is 42.6 Å². The number of amides is 1. The zero-order chi connectivity index (χ0) is 39.0. The molecule has 0 saturated carbocycles. The number of unbranched alkanes of at least 4 members (excludes halogenated alkanes) is 10. The Morgan fingerprint density at radius 3 is 1.69 bits per heavy atom. The van der Waals surface area contributed by atoms with Crippen molar-refractivity contribution in [3.63, 3.8) is 0 Å². The van der Waals surface area contributed by atoms with E-state index in [1.165, 1.54) is 64.2 Å². The molecule has 0 spiro atoms. The number of nitrogens with zero attached hydrogens (tertiary/aromatic N) is 1. The molecule has 0 bridgehead atoms. The largest absolute Gasteiger partial charge is 0.392 e. The van der Waals surface area contributed by atoms with Crippen LogP contribution in [0.25, 0.3) is 0 Å². The molecule has 1 aliphatic heterocycles. The van der Waals surface area contributed by atoms with Gasteiger partial charge in [-0.25, -0.2) is 22.0 Å². The Bertz CT molecular complexity index is 1550. The normalized spacial score (nSPS) is 18.7. The van der Waals surface area contributed by atoms with Gasteiger partial charge in [-0.15, -0.1) is 0 Å². The van der Waals surface area contributed by atoms with E-state index >= 15 is 0 Å². The van der Waals surface area contributed by atoms with Gasteiger partial charge >= 0.3 is 0 Å². The Kier molecular flexibility index (Phi) is 17.9. The number of nitrogens with one attached hydrogen (secondary N) is 1. The lowest BCUT2D eigenvalue weighted by Crippen LogP contribution is -2.45. The topological polar surface area (TPSA) is 71.0 Å². The molecule has 6 nitrogen and oxygen atoms in total. The smallest absolute Gasteiger partial charge is 0.257 e. The monoisotopic (exact) mass is 760 g/mol. The number of halogens is 5. The summed E-state index contributed by atoms with van der Waals surface area (Å²) in [5, 5.41) is 11.9. The van der Waals surface area contributed by atoms with Crippen molar-refractivity contribution in [3.8, 4) is 0 Å². The van der Waals surface area contributed by atoms with Gasteiger partial charge in [0.1, 0.15) is 5.56 Å². The highest BCUT2D eigenvalue weighted by atomic mass is 19.2. The molecule has 54 heavy (non-hydrogen) atoms. The summed E-state index contributed by atoms with van der Waals surface area (Å²) in [6.07, 6.45) is 13.5. The Balaban J connectivity index is 1.49. The van der Waals surface area contributed by atoms with Crippen LogP contribution in [0.4, 0.5) is 22.0 Å². The first kappa shape index (κ1) is 43.3. The lowest BCUT2D eigenvalue weighted by atomic mass is 9.90.